The van der Waals surface area contributed by atoms with Crippen molar-refractivity contribution in [3.05, 3.63) is 70.3 Å². The second-order valence-electron chi connectivity index (χ2n) is 7.07. The smallest absolute Gasteiger partial charge is 0.295 e. The Kier molecular flexibility index (Phi) is 5.52. The van der Waals surface area contributed by atoms with E-state index in [1.807, 2.05) is 12.1 Å². The molecule has 0 N–H and O–H groups in total. The molecular weight excluding hydrogens is 402 g/mol. The number of aromatic nitrogens is 3. The van der Waals surface area contributed by atoms with Crippen molar-refractivity contribution >= 4 is 11.6 Å². The molecule has 0 radical (unpaired) electrons. The molecule has 160 valence electrons. The Morgan fingerprint density at radius 1 is 1.19 bits per heavy atom. The summed E-state index contributed by atoms with van der Waals surface area (Å²) in [5.74, 6) is 1.03. The molecule has 3 aromatic rings. The van der Waals surface area contributed by atoms with E-state index in [0.717, 1.165) is 18.4 Å². The van der Waals surface area contributed by atoms with E-state index in [4.69, 9.17) is 9.47 Å². The highest BCUT2D eigenvalue weighted by Crippen LogP contribution is 2.39. The maximum Gasteiger partial charge on any atom is 0.295 e. The van der Waals surface area contributed by atoms with Crippen molar-refractivity contribution in [1.29, 1.82) is 0 Å². The number of nitro benzene ring substituents is 1. The lowest BCUT2D eigenvalue weighted by Gasteiger charge is -2.26. The Bertz CT molecular complexity index is 1120. The number of hydrogen-bond acceptors (Lipinski definition) is 7. The number of amides is 1. The number of benzene rings is 2. The van der Waals surface area contributed by atoms with Crippen LogP contribution in [-0.4, -0.2) is 51.3 Å². The van der Waals surface area contributed by atoms with Crippen LogP contribution < -0.4 is 9.47 Å². The minimum atomic E-state index is -0.526. The third-order valence-corrected chi connectivity index (χ3v) is 5.40. The predicted octanol–water partition coefficient (Wildman–Crippen LogP) is 3.17. The number of carbonyl (C=O) groups is 1. The molecule has 1 atom stereocenters. The standard InChI is InChI=1S/C21H21N5O5/c1-30-15-6-7-16(20(11-15)31-2)17-4-3-9-24(17)21(27)14-5-8-18(19(10-14)26(28)29)25-13-22-12-23-25/h5-8,10-13,17H,3-4,9H2,1-2H3. The van der Waals surface area contributed by atoms with E-state index in [9.17, 15) is 14.9 Å². The van der Waals surface area contributed by atoms with Gasteiger partial charge in [-0.05, 0) is 37.1 Å². The van der Waals surface area contributed by atoms with Gasteiger partial charge in [-0.1, -0.05) is 0 Å². The molecule has 1 unspecified atom stereocenters. The molecule has 0 spiro atoms. The van der Waals surface area contributed by atoms with Crippen molar-refractivity contribution < 1.29 is 19.2 Å². The quantitative estimate of drug-likeness (QED) is 0.442. The first kappa shape index (κ1) is 20.3. The van der Waals surface area contributed by atoms with E-state index >= 15 is 0 Å². The molecule has 1 saturated heterocycles. The lowest BCUT2D eigenvalue weighted by molar-refractivity contribution is -0.384. The van der Waals surface area contributed by atoms with Crippen LogP contribution in [0.4, 0.5) is 5.69 Å². The highest BCUT2D eigenvalue weighted by atomic mass is 16.6. The molecule has 1 fully saturated rings. The van der Waals surface area contributed by atoms with Crippen molar-refractivity contribution in [3.8, 4) is 17.2 Å². The molecule has 4 rings (SSSR count). The molecule has 10 heteroatoms. The van der Waals surface area contributed by atoms with Gasteiger partial charge in [-0.25, -0.2) is 9.67 Å². The van der Waals surface area contributed by atoms with E-state index < -0.39 is 4.92 Å². The number of rotatable bonds is 6. The van der Waals surface area contributed by atoms with Gasteiger partial charge in [0.2, 0.25) is 0 Å². The molecule has 1 amide bonds. The van der Waals surface area contributed by atoms with Crippen molar-refractivity contribution in [1.82, 2.24) is 19.7 Å². The maximum absolute atomic E-state index is 13.3. The third kappa shape index (κ3) is 3.79. The zero-order valence-electron chi connectivity index (χ0n) is 17.1. The zero-order valence-corrected chi connectivity index (χ0v) is 17.1. The minimum Gasteiger partial charge on any atom is -0.497 e. The van der Waals surface area contributed by atoms with Crippen LogP contribution in [0.3, 0.4) is 0 Å². The Morgan fingerprint density at radius 3 is 2.71 bits per heavy atom. The van der Waals surface area contributed by atoms with E-state index in [-0.39, 0.29) is 28.9 Å². The van der Waals surface area contributed by atoms with Crippen molar-refractivity contribution in [2.45, 2.75) is 18.9 Å². The summed E-state index contributed by atoms with van der Waals surface area (Å²) in [4.78, 5) is 30.0. The second kappa shape index (κ2) is 8.42. The van der Waals surface area contributed by atoms with Gasteiger partial charge in [0.1, 0.15) is 29.8 Å². The van der Waals surface area contributed by atoms with E-state index in [2.05, 4.69) is 10.1 Å². The zero-order chi connectivity index (χ0) is 22.0. The summed E-state index contributed by atoms with van der Waals surface area (Å²) in [6.45, 7) is 0.553. The monoisotopic (exact) mass is 423 g/mol. The molecule has 10 nitrogen and oxygen atoms in total. The average Bonchev–Trinajstić information content (AvgIpc) is 3.50. The van der Waals surface area contributed by atoms with Crippen LogP contribution in [0.25, 0.3) is 5.69 Å². The van der Waals surface area contributed by atoms with E-state index in [0.29, 0.717) is 18.0 Å². The summed E-state index contributed by atoms with van der Waals surface area (Å²) in [6.07, 6.45) is 4.26. The topological polar surface area (TPSA) is 113 Å². The van der Waals surface area contributed by atoms with Crippen molar-refractivity contribution in [3.63, 3.8) is 0 Å². The lowest BCUT2D eigenvalue weighted by Crippen LogP contribution is -2.30. The summed E-state index contributed by atoms with van der Waals surface area (Å²) in [5, 5.41) is 15.6. The summed E-state index contributed by atoms with van der Waals surface area (Å²) in [6, 6.07) is 9.70. The Balaban J connectivity index is 1.68. The van der Waals surface area contributed by atoms with Gasteiger partial charge in [0.05, 0.1) is 25.2 Å². The van der Waals surface area contributed by atoms with Gasteiger partial charge in [-0.15, -0.1) is 0 Å². The van der Waals surface area contributed by atoms with Gasteiger partial charge >= 0.3 is 0 Å². The van der Waals surface area contributed by atoms with Gasteiger partial charge in [-0.3, -0.25) is 14.9 Å². The molecule has 1 aliphatic rings. The fourth-order valence-electron chi connectivity index (χ4n) is 3.92. The molecule has 0 bridgehead atoms. The summed E-state index contributed by atoms with van der Waals surface area (Å²) >= 11 is 0. The largest absolute Gasteiger partial charge is 0.497 e. The number of hydrogen-bond donors (Lipinski definition) is 0. The van der Waals surface area contributed by atoms with Crippen molar-refractivity contribution in [2.24, 2.45) is 0 Å². The third-order valence-electron chi connectivity index (χ3n) is 5.40. The van der Waals surface area contributed by atoms with Crippen molar-refractivity contribution in [2.75, 3.05) is 20.8 Å². The fourth-order valence-corrected chi connectivity index (χ4v) is 3.92. The number of nitro groups is 1. The Morgan fingerprint density at radius 2 is 2.03 bits per heavy atom. The normalized spacial score (nSPS) is 15.7. The van der Waals surface area contributed by atoms with Gasteiger partial charge in [0.15, 0.2) is 0 Å². The maximum atomic E-state index is 13.3. The summed E-state index contributed by atoms with van der Waals surface area (Å²) < 4.78 is 12.1. The number of ether oxygens (including phenoxy) is 2. The molecule has 0 aliphatic carbocycles. The molecule has 0 saturated carbocycles. The van der Waals surface area contributed by atoms with Crippen LogP contribution in [0.5, 0.6) is 11.5 Å². The first-order chi connectivity index (χ1) is 15.0. The molecule has 2 heterocycles. The average molecular weight is 423 g/mol. The van der Waals surface area contributed by atoms with Gasteiger partial charge in [0, 0.05) is 29.8 Å². The fraction of sp³-hybridized carbons (Fsp3) is 0.286. The van der Waals surface area contributed by atoms with Crippen LogP contribution in [-0.2, 0) is 0 Å². The molecule has 1 aliphatic heterocycles. The van der Waals surface area contributed by atoms with Crippen LogP contribution in [0.15, 0.2) is 49.1 Å². The second-order valence-corrected chi connectivity index (χ2v) is 7.07. The lowest BCUT2D eigenvalue weighted by atomic mass is 10.0. The molecule has 1 aromatic heterocycles. The first-order valence-corrected chi connectivity index (χ1v) is 9.70. The van der Waals surface area contributed by atoms with Crippen LogP contribution in [0, 0.1) is 10.1 Å². The number of nitrogens with zero attached hydrogens (tertiary/aromatic N) is 5. The van der Waals surface area contributed by atoms with Gasteiger partial charge < -0.3 is 14.4 Å². The number of likely N-dealkylation sites (tertiary alicyclic amines) is 1. The molecular formula is C21H21N5O5. The Hall–Kier alpha value is -3.95. The summed E-state index contributed by atoms with van der Waals surface area (Å²) in [5.41, 5.74) is 1.15. The van der Waals surface area contributed by atoms with Crippen LogP contribution in [0.2, 0.25) is 0 Å². The predicted molar refractivity (Wildman–Crippen MR) is 111 cm³/mol. The highest BCUT2D eigenvalue weighted by molar-refractivity contribution is 5.96. The van der Waals surface area contributed by atoms with E-state index in [1.54, 1.807) is 31.3 Å². The highest BCUT2D eigenvalue weighted by Gasteiger charge is 2.33. The van der Waals surface area contributed by atoms with Crippen LogP contribution in [0.1, 0.15) is 34.8 Å². The van der Waals surface area contributed by atoms with Gasteiger partial charge in [-0.2, -0.15) is 5.10 Å². The first-order valence-electron chi connectivity index (χ1n) is 9.70. The SMILES string of the molecule is COc1ccc(C2CCCN2C(=O)c2ccc(-n3cncn3)c([N+](=O)[O-])c2)c(OC)c1. The number of methoxy groups -OCH3 is 2. The summed E-state index contributed by atoms with van der Waals surface area (Å²) in [7, 11) is 3.15. The molecule has 2 aromatic carbocycles. The molecule has 31 heavy (non-hydrogen) atoms. The van der Waals surface area contributed by atoms with E-state index in [1.165, 1.54) is 29.5 Å². The minimum absolute atomic E-state index is 0.192. The van der Waals surface area contributed by atoms with Gasteiger partial charge in [0.25, 0.3) is 11.6 Å². The number of carbonyl (C=O) groups excluding carboxylic acids is 1. The Labute approximate surface area is 178 Å². The van der Waals surface area contributed by atoms with Crippen LogP contribution >= 0.6 is 0 Å².